The van der Waals surface area contributed by atoms with Crippen LogP contribution in [0.3, 0.4) is 0 Å². The van der Waals surface area contributed by atoms with Crippen LogP contribution in [0.2, 0.25) is 0 Å². The Hall–Kier alpha value is -0.0800. The molecule has 0 aliphatic rings. The molecule has 0 aromatic heterocycles. The van der Waals surface area contributed by atoms with Crippen molar-refractivity contribution in [2.24, 2.45) is 5.92 Å². The molecule has 0 aromatic carbocycles. The summed E-state index contributed by atoms with van der Waals surface area (Å²) in [5, 5.41) is 18.8. The summed E-state index contributed by atoms with van der Waals surface area (Å²) in [6, 6.07) is 0. The molecule has 0 fully saturated rings. The van der Waals surface area contributed by atoms with Crippen molar-refractivity contribution in [2.45, 2.75) is 52.1 Å². The van der Waals surface area contributed by atoms with E-state index in [9.17, 15) is 5.11 Å². The molecule has 0 radical (unpaired) electrons. The molecule has 0 saturated carbocycles. The molecule has 2 heteroatoms. The third kappa shape index (κ3) is 4.73. The molecular weight excluding hydrogens is 152 g/mol. The van der Waals surface area contributed by atoms with Gasteiger partial charge in [-0.1, -0.05) is 27.2 Å². The summed E-state index contributed by atoms with van der Waals surface area (Å²) >= 11 is 0. The van der Waals surface area contributed by atoms with Crippen LogP contribution < -0.4 is 0 Å². The number of aliphatic hydroxyl groups is 2. The Kier molecular flexibility index (Phi) is 5.51. The van der Waals surface area contributed by atoms with E-state index in [1.54, 1.807) is 0 Å². The summed E-state index contributed by atoms with van der Waals surface area (Å²) < 4.78 is 0. The van der Waals surface area contributed by atoms with E-state index in [0.717, 1.165) is 19.3 Å². The first-order chi connectivity index (χ1) is 5.54. The van der Waals surface area contributed by atoms with Crippen molar-refractivity contribution >= 4 is 0 Å². The maximum Gasteiger partial charge on any atom is 0.0672 e. The van der Waals surface area contributed by atoms with Gasteiger partial charge in [0.05, 0.1) is 5.60 Å². The van der Waals surface area contributed by atoms with E-state index in [1.807, 2.05) is 0 Å². The molecule has 0 rings (SSSR count). The quantitative estimate of drug-likeness (QED) is 0.646. The Morgan fingerprint density at radius 3 is 2.17 bits per heavy atom. The van der Waals surface area contributed by atoms with Crippen LogP contribution in [0.25, 0.3) is 0 Å². The molecule has 0 aliphatic heterocycles. The summed E-state index contributed by atoms with van der Waals surface area (Å²) in [6.45, 7) is 6.34. The minimum Gasteiger partial charge on any atom is -0.396 e. The summed E-state index contributed by atoms with van der Waals surface area (Å²) in [5.41, 5.74) is -0.627. The minimum atomic E-state index is -0.627. The highest BCUT2D eigenvalue weighted by Crippen LogP contribution is 2.25. The van der Waals surface area contributed by atoms with Gasteiger partial charge in [0.2, 0.25) is 0 Å². The minimum absolute atomic E-state index is 0.0865. The van der Waals surface area contributed by atoms with Gasteiger partial charge in [0.15, 0.2) is 0 Å². The van der Waals surface area contributed by atoms with Gasteiger partial charge >= 0.3 is 0 Å². The average molecular weight is 174 g/mol. The molecule has 0 aliphatic carbocycles. The topological polar surface area (TPSA) is 40.5 Å². The smallest absolute Gasteiger partial charge is 0.0672 e. The van der Waals surface area contributed by atoms with Crippen LogP contribution in [0, 0.1) is 5.92 Å². The van der Waals surface area contributed by atoms with E-state index in [4.69, 9.17) is 5.11 Å². The van der Waals surface area contributed by atoms with Gasteiger partial charge < -0.3 is 10.2 Å². The van der Waals surface area contributed by atoms with E-state index >= 15 is 0 Å². The lowest BCUT2D eigenvalue weighted by molar-refractivity contribution is -0.0103. The highest BCUT2D eigenvalue weighted by Gasteiger charge is 2.25. The largest absolute Gasteiger partial charge is 0.396 e. The van der Waals surface area contributed by atoms with Gasteiger partial charge in [-0.25, -0.2) is 0 Å². The first kappa shape index (κ1) is 11.9. The number of rotatable bonds is 6. The summed E-state index contributed by atoms with van der Waals surface area (Å²) in [4.78, 5) is 0. The normalized spacial score (nSPS) is 16.5. The van der Waals surface area contributed by atoms with Gasteiger partial charge in [0, 0.05) is 6.61 Å². The van der Waals surface area contributed by atoms with Gasteiger partial charge in [-0.2, -0.15) is 0 Å². The molecule has 74 valence electrons. The Bertz CT molecular complexity index is 104. The SMILES string of the molecule is CCCC(O)(CCO)CC(C)C. The molecule has 0 spiro atoms. The first-order valence-corrected chi connectivity index (χ1v) is 4.87. The zero-order valence-electron chi connectivity index (χ0n) is 8.51. The van der Waals surface area contributed by atoms with Crippen LogP contribution in [0.15, 0.2) is 0 Å². The van der Waals surface area contributed by atoms with Crippen molar-refractivity contribution < 1.29 is 10.2 Å². The molecule has 0 aromatic rings. The van der Waals surface area contributed by atoms with Crippen LogP contribution >= 0.6 is 0 Å². The summed E-state index contributed by atoms with van der Waals surface area (Å²) in [5.74, 6) is 0.494. The average Bonchev–Trinajstić information content (AvgIpc) is 1.85. The monoisotopic (exact) mass is 174 g/mol. The van der Waals surface area contributed by atoms with E-state index in [0.29, 0.717) is 12.3 Å². The standard InChI is InChI=1S/C10H22O2/c1-4-5-10(12,6-7-11)8-9(2)3/h9,11-12H,4-8H2,1-3H3. The molecule has 0 saturated heterocycles. The predicted molar refractivity (Wildman–Crippen MR) is 51.0 cm³/mol. The van der Waals surface area contributed by atoms with Crippen molar-refractivity contribution in [2.75, 3.05) is 6.61 Å². The Morgan fingerprint density at radius 1 is 1.25 bits per heavy atom. The van der Waals surface area contributed by atoms with Gasteiger partial charge in [0.1, 0.15) is 0 Å². The fraction of sp³-hybridized carbons (Fsp3) is 1.00. The molecule has 2 nitrogen and oxygen atoms in total. The van der Waals surface area contributed by atoms with E-state index in [-0.39, 0.29) is 6.61 Å². The molecule has 0 heterocycles. The Balaban J connectivity index is 3.98. The predicted octanol–water partition coefficient (Wildman–Crippen LogP) is 1.95. The van der Waals surface area contributed by atoms with Gasteiger partial charge in [-0.3, -0.25) is 0 Å². The lowest BCUT2D eigenvalue weighted by atomic mass is 9.86. The Labute approximate surface area is 75.6 Å². The fourth-order valence-electron chi connectivity index (χ4n) is 1.76. The lowest BCUT2D eigenvalue weighted by Gasteiger charge is -2.28. The number of hydrogen-bond acceptors (Lipinski definition) is 2. The third-order valence-electron chi connectivity index (χ3n) is 2.08. The second-order valence-electron chi connectivity index (χ2n) is 4.05. The maximum atomic E-state index is 10.0. The summed E-state index contributed by atoms with van der Waals surface area (Å²) in [6.07, 6.45) is 3.08. The van der Waals surface area contributed by atoms with Gasteiger partial charge in [-0.15, -0.1) is 0 Å². The molecular formula is C10H22O2. The van der Waals surface area contributed by atoms with Crippen LogP contribution in [0.4, 0.5) is 0 Å². The maximum absolute atomic E-state index is 10.0. The lowest BCUT2D eigenvalue weighted by Crippen LogP contribution is -2.31. The molecule has 1 atom stereocenters. The molecule has 1 unspecified atom stereocenters. The highest BCUT2D eigenvalue weighted by molar-refractivity contribution is 4.78. The van der Waals surface area contributed by atoms with Crippen LogP contribution in [-0.4, -0.2) is 22.4 Å². The second-order valence-corrected chi connectivity index (χ2v) is 4.05. The number of aliphatic hydroxyl groups excluding tert-OH is 1. The molecule has 12 heavy (non-hydrogen) atoms. The van der Waals surface area contributed by atoms with Gasteiger partial charge in [-0.05, 0) is 25.2 Å². The van der Waals surface area contributed by atoms with Crippen molar-refractivity contribution in [3.63, 3.8) is 0 Å². The van der Waals surface area contributed by atoms with Crippen molar-refractivity contribution in [3.8, 4) is 0 Å². The first-order valence-electron chi connectivity index (χ1n) is 4.87. The zero-order valence-corrected chi connectivity index (χ0v) is 8.51. The highest BCUT2D eigenvalue weighted by atomic mass is 16.3. The van der Waals surface area contributed by atoms with Crippen LogP contribution in [-0.2, 0) is 0 Å². The third-order valence-corrected chi connectivity index (χ3v) is 2.08. The van der Waals surface area contributed by atoms with Gasteiger partial charge in [0.25, 0.3) is 0 Å². The van der Waals surface area contributed by atoms with E-state index in [2.05, 4.69) is 20.8 Å². The molecule has 2 N–H and O–H groups in total. The number of hydrogen-bond donors (Lipinski definition) is 2. The zero-order chi connectivity index (χ0) is 9.61. The van der Waals surface area contributed by atoms with Crippen molar-refractivity contribution in [1.29, 1.82) is 0 Å². The Morgan fingerprint density at radius 2 is 1.83 bits per heavy atom. The molecule has 0 amide bonds. The van der Waals surface area contributed by atoms with Crippen LogP contribution in [0.5, 0.6) is 0 Å². The summed E-state index contributed by atoms with van der Waals surface area (Å²) in [7, 11) is 0. The fourth-order valence-corrected chi connectivity index (χ4v) is 1.76. The molecule has 0 bridgehead atoms. The van der Waals surface area contributed by atoms with E-state index in [1.165, 1.54) is 0 Å². The van der Waals surface area contributed by atoms with E-state index < -0.39 is 5.60 Å². The van der Waals surface area contributed by atoms with Crippen molar-refractivity contribution in [3.05, 3.63) is 0 Å². The second kappa shape index (κ2) is 5.55. The van der Waals surface area contributed by atoms with Crippen LogP contribution in [0.1, 0.15) is 46.5 Å². The van der Waals surface area contributed by atoms with Crippen molar-refractivity contribution in [1.82, 2.24) is 0 Å².